The van der Waals surface area contributed by atoms with E-state index in [0.29, 0.717) is 27.6 Å². The summed E-state index contributed by atoms with van der Waals surface area (Å²) in [4.78, 5) is 38.7. The number of alkyl carbamates (subject to hydrolysis) is 1. The van der Waals surface area contributed by atoms with Gasteiger partial charge in [0.2, 0.25) is 5.91 Å². The standard InChI is InChI=1S/C30H40Cl2N2O5/c1-18(2)38-27(36)20-11-9-19(10-12-20)24(13-14-29(3,4)5)33-26(35)25(34-28(37)39-30(6,7)8)21-15-22(31)17-23(32)16-21/h9-12,15-18,24-25H,13-14H2,1-8H3,(H,33,35)(H,34,37)/t24-,25?/m1/s1. The molecule has 0 saturated carbocycles. The van der Waals surface area contributed by atoms with Gasteiger partial charge in [0.25, 0.3) is 0 Å². The Hall–Kier alpha value is -2.77. The summed E-state index contributed by atoms with van der Waals surface area (Å²) in [7, 11) is 0. The minimum absolute atomic E-state index is 0.0125. The fourth-order valence-electron chi connectivity index (χ4n) is 3.76. The van der Waals surface area contributed by atoms with Gasteiger partial charge < -0.3 is 20.1 Å². The Labute approximate surface area is 241 Å². The fraction of sp³-hybridized carbons (Fsp3) is 0.500. The van der Waals surface area contributed by atoms with Crippen LogP contribution in [0.5, 0.6) is 0 Å². The summed E-state index contributed by atoms with van der Waals surface area (Å²) in [5.41, 5.74) is 0.904. The number of carbonyl (C=O) groups is 3. The van der Waals surface area contributed by atoms with Gasteiger partial charge >= 0.3 is 12.1 Å². The Bertz CT molecular complexity index is 1130. The zero-order valence-electron chi connectivity index (χ0n) is 24.0. The molecule has 214 valence electrons. The van der Waals surface area contributed by atoms with Gasteiger partial charge in [-0.05, 0) is 94.3 Å². The third-order valence-corrected chi connectivity index (χ3v) is 5.97. The first kappa shape index (κ1) is 32.4. The minimum Gasteiger partial charge on any atom is -0.459 e. The van der Waals surface area contributed by atoms with Crippen LogP contribution in [0.1, 0.15) is 102 Å². The average Bonchev–Trinajstić information content (AvgIpc) is 2.77. The van der Waals surface area contributed by atoms with Crippen LogP contribution in [0.15, 0.2) is 42.5 Å². The van der Waals surface area contributed by atoms with Crippen molar-refractivity contribution in [2.45, 2.75) is 92.0 Å². The molecule has 0 aliphatic heterocycles. The molecule has 1 unspecified atom stereocenters. The zero-order chi connectivity index (χ0) is 29.5. The molecule has 2 aromatic carbocycles. The topological polar surface area (TPSA) is 93.7 Å². The van der Waals surface area contributed by atoms with Gasteiger partial charge in [0, 0.05) is 10.0 Å². The highest BCUT2D eigenvalue weighted by Crippen LogP contribution is 2.30. The molecule has 9 heteroatoms. The fourth-order valence-corrected chi connectivity index (χ4v) is 4.30. The van der Waals surface area contributed by atoms with Crippen molar-refractivity contribution in [2.75, 3.05) is 0 Å². The normalized spacial score (nSPS) is 13.4. The molecule has 39 heavy (non-hydrogen) atoms. The highest BCUT2D eigenvalue weighted by Gasteiger charge is 2.29. The molecular formula is C30H40Cl2N2O5. The summed E-state index contributed by atoms with van der Waals surface area (Å²) < 4.78 is 10.7. The molecule has 0 aromatic heterocycles. The smallest absolute Gasteiger partial charge is 0.408 e. The molecule has 0 heterocycles. The van der Waals surface area contributed by atoms with Crippen LogP contribution in [-0.2, 0) is 14.3 Å². The maximum absolute atomic E-state index is 13.7. The van der Waals surface area contributed by atoms with E-state index >= 15 is 0 Å². The van der Waals surface area contributed by atoms with Crippen molar-refractivity contribution >= 4 is 41.2 Å². The molecular weight excluding hydrogens is 539 g/mol. The SMILES string of the molecule is CC(C)OC(=O)c1ccc([C@@H](CCC(C)(C)C)NC(=O)C(NC(=O)OC(C)(C)C)c2cc(Cl)cc(Cl)c2)cc1. The number of amides is 2. The number of hydrogen-bond acceptors (Lipinski definition) is 5. The van der Waals surface area contributed by atoms with Crippen LogP contribution in [0.4, 0.5) is 4.79 Å². The first-order chi connectivity index (χ1) is 17.9. The van der Waals surface area contributed by atoms with Crippen LogP contribution in [-0.4, -0.2) is 29.7 Å². The summed E-state index contributed by atoms with van der Waals surface area (Å²) in [6.45, 7) is 15.2. The summed E-state index contributed by atoms with van der Waals surface area (Å²) >= 11 is 12.4. The van der Waals surface area contributed by atoms with Crippen LogP contribution < -0.4 is 10.6 Å². The van der Waals surface area contributed by atoms with Gasteiger partial charge in [-0.2, -0.15) is 0 Å². The van der Waals surface area contributed by atoms with Crippen LogP contribution >= 0.6 is 23.2 Å². The number of rotatable bonds is 9. The van der Waals surface area contributed by atoms with Crippen molar-refractivity contribution in [1.82, 2.24) is 10.6 Å². The van der Waals surface area contributed by atoms with Crippen molar-refractivity contribution in [3.63, 3.8) is 0 Å². The van der Waals surface area contributed by atoms with E-state index in [1.807, 2.05) is 0 Å². The average molecular weight is 580 g/mol. The summed E-state index contributed by atoms with van der Waals surface area (Å²) in [5, 5.41) is 6.40. The predicted molar refractivity (Wildman–Crippen MR) is 155 cm³/mol. The second-order valence-corrected chi connectivity index (χ2v) is 12.9. The van der Waals surface area contributed by atoms with E-state index in [4.69, 9.17) is 32.7 Å². The van der Waals surface area contributed by atoms with Crippen molar-refractivity contribution in [3.8, 4) is 0 Å². The molecule has 0 saturated heterocycles. The van der Waals surface area contributed by atoms with Gasteiger partial charge in [0.15, 0.2) is 0 Å². The van der Waals surface area contributed by atoms with E-state index in [1.54, 1.807) is 77.1 Å². The highest BCUT2D eigenvalue weighted by molar-refractivity contribution is 6.34. The number of halogens is 2. The Balaban J connectivity index is 2.39. The molecule has 0 radical (unpaired) electrons. The Morgan fingerprint density at radius 1 is 0.846 bits per heavy atom. The molecule has 7 nitrogen and oxygen atoms in total. The van der Waals surface area contributed by atoms with Crippen molar-refractivity contribution in [2.24, 2.45) is 5.41 Å². The van der Waals surface area contributed by atoms with Crippen LogP contribution in [0, 0.1) is 5.41 Å². The molecule has 0 spiro atoms. The lowest BCUT2D eigenvalue weighted by Crippen LogP contribution is -2.43. The number of hydrogen-bond donors (Lipinski definition) is 2. The van der Waals surface area contributed by atoms with E-state index in [1.165, 1.54) is 0 Å². The molecule has 2 amide bonds. The molecule has 0 aliphatic carbocycles. The number of ether oxygens (including phenoxy) is 2. The quantitative estimate of drug-likeness (QED) is 0.296. The second kappa shape index (κ2) is 13.5. The van der Waals surface area contributed by atoms with Crippen molar-refractivity contribution in [3.05, 3.63) is 69.2 Å². The highest BCUT2D eigenvalue weighted by atomic mass is 35.5. The third-order valence-electron chi connectivity index (χ3n) is 5.53. The van der Waals surface area contributed by atoms with Gasteiger partial charge in [-0.25, -0.2) is 9.59 Å². The van der Waals surface area contributed by atoms with Gasteiger partial charge in [-0.15, -0.1) is 0 Å². The molecule has 2 aromatic rings. The lowest BCUT2D eigenvalue weighted by molar-refractivity contribution is -0.124. The largest absolute Gasteiger partial charge is 0.459 e. The van der Waals surface area contributed by atoms with Crippen molar-refractivity contribution in [1.29, 1.82) is 0 Å². The summed E-state index contributed by atoms with van der Waals surface area (Å²) in [6.07, 6.45) is 0.450. The van der Waals surface area contributed by atoms with E-state index in [-0.39, 0.29) is 11.5 Å². The Morgan fingerprint density at radius 3 is 1.90 bits per heavy atom. The van der Waals surface area contributed by atoms with Gasteiger partial charge in [0.1, 0.15) is 11.6 Å². The summed E-state index contributed by atoms with van der Waals surface area (Å²) in [6, 6.07) is 10.2. The molecule has 2 N–H and O–H groups in total. The third kappa shape index (κ3) is 11.5. The number of benzene rings is 2. The first-order valence-electron chi connectivity index (χ1n) is 13.0. The maximum Gasteiger partial charge on any atom is 0.408 e. The van der Waals surface area contributed by atoms with Crippen molar-refractivity contribution < 1.29 is 23.9 Å². The minimum atomic E-state index is -1.12. The maximum atomic E-state index is 13.7. The Kier molecular flexibility index (Phi) is 11.3. The predicted octanol–water partition coefficient (Wildman–Crippen LogP) is 7.81. The lowest BCUT2D eigenvalue weighted by atomic mass is 9.87. The number of nitrogens with one attached hydrogen (secondary N) is 2. The summed E-state index contributed by atoms with van der Waals surface area (Å²) in [5.74, 6) is -0.868. The number of esters is 1. The molecule has 0 aliphatic rings. The van der Waals surface area contributed by atoms with Gasteiger partial charge in [0.05, 0.1) is 17.7 Å². The molecule has 0 bridgehead atoms. The number of carbonyl (C=O) groups excluding carboxylic acids is 3. The molecule has 0 fully saturated rings. The monoisotopic (exact) mass is 578 g/mol. The van der Waals surface area contributed by atoms with E-state index in [0.717, 1.165) is 12.0 Å². The first-order valence-corrected chi connectivity index (χ1v) is 13.8. The Morgan fingerprint density at radius 2 is 1.41 bits per heavy atom. The van der Waals surface area contributed by atoms with Gasteiger partial charge in [-0.3, -0.25) is 4.79 Å². The molecule has 2 atom stereocenters. The van der Waals surface area contributed by atoms with Gasteiger partial charge in [-0.1, -0.05) is 56.1 Å². The van der Waals surface area contributed by atoms with E-state index < -0.39 is 35.7 Å². The van der Waals surface area contributed by atoms with Crippen LogP contribution in [0.25, 0.3) is 0 Å². The van der Waals surface area contributed by atoms with E-state index in [2.05, 4.69) is 31.4 Å². The lowest BCUT2D eigenvalue weighted by Gasteiger charge is -2.28. The molecule has 2 rings (SSSR count). The van der Waals surface area contributed by atoms with Crippen LogP contribution in [0.3, 0.4) is 0 Å². The zero-order valence-corrected chi connectivity index (χ0v) is 25.5. The van der Waals surface area contributed by atoms with E-state index in [9.17, 15) is 14.4 Å². The second-order valence-electron chi connectivity index (χ2n) is 12.0. The van der Waals surface area contributed by atoms with Crippen LogP contribution in [0.2, 0.25) is 10.0 Å².